The second kappa shape index (κ2) is 10.7. The molecule has 0 bridgehead atoms. The van der Waals surface area contributed by atoms with E-state index < -0.39 is 11.9 Å². The van der Waals surface area contributed by atoms with E-state index in [4.69, 9.17) is 0 Å². The van der Waals surface area contributed by atoms with Crippen LogP contribution in [0.15, 0.2) is 121 Å². The minimum atomic E-state index is -0.979. The van der Waals surface area contributed by atoms with Crippen LogP contribution in [-0.2, 0) is 0 Å². The van der Waals surface area contributed by atoms with Gasteiger partial charge in [-0.3, -0.25) is 0 Å². The lowest BCUT2D eigenvalue weighted by atomic mass is 9.95. The normalized spacial score (nSPS) is 10.3. The lowest BCUT2D eigenvalue weighted by Gasteiger charge is -2.09. The summed E-state index contributed by atoms with van der Waals surface area (Å²) in [7, 11) is 0. The summed E-state index contributed by atoms with van der Waals surface area (Å²) in [5.74, 6) is 4.68. The maximum absolute atomic E-state index is 11.3. The van der Waals surface area contributed by atoms with Gasteiger partial charge in [0.2, 0.25) is 0 Å². The fourth-order valence-electron chi connectivity index (χ4n) is 4.24. The molecule has 0 atom stereocenters. The van der Waals surface area contributed by atoms with E-state index in [1.54, 1.807) is 48.5 Å². The zero-order valence-corrected chi connectivity index (χ0v) is 20.3. The highest BCUT2D eigenvalue weighted by Crippen LogP contribution is 2.29. The van der Waals surface area contributed by atoms with Crippen LogP contribution >= 0.6 is 0 Å². The van der Waals surface area contributed by atoms with Crippen molar-refractivity contribution >= 4 is 11.9 Å². The molecule has 0 radical (unpaired) electrons. The number of hydrogen-bond donors (Lipinski definition) is 2. The standard InChI is InChI=1S/C34H22O4/c35-33(36)28-16-12-24(13-17-28)30-20-23(21-31(22-30)25-14-18-29(19-15-25)34(37)38)10-11-27-8-4-5-9-32(27)26-6-2-1-3-7-26/h1-9,12-22H,(H,35,36)(H,37,38). The first-order chi connectivity index (χ1) is 18.5. The third-order valence-corrected chi connectivity index (χ3v) is 6.22. The SMILES string of the molecule is O=C(O)c1ccc(-c2cc(C#Cc3ccccc3-c3ccccc3)cc(-c3ccc(C(=O)O)cc3)c2)cc1. The van der Waals surface area contributed by atoms with Crippen LogP contribution < -0.4 is 0 Å². The van der Waals surface area contributed by atoms with E-state index in [9.17, 15) is 19.8 Å². The van der Waals surface area contributed by atoms with Crippen molar-refractivity contribution in [2.75, 3.05) is 0 Å². The van der Waals surface area contributed by atoms with Gasteiger partial charge in [-0.25, -0.2) is 9.59 Å². The third-order valence-electron chi connectivity index (χ3n) is 6.22. The molecule has 2 N–H and O–H groups in total. The van der Waals surface area contributed by atoms with Gasteiger partial charge in [-0.1, -0.05) is 84.6 Å². The lowest BCUT2D eigenvalue weighted by molar-refractivity contribution is 0.0686. The quantitative estimate of drug-likeness (QED) is 0.248. The zero-order chi connectivity index (χ0) is 26.5. The average molecular weight is 495 g/mol. The number of aromatic carboxylic acids is 2. The Morgan fingerprint density at radius 2 is 0.974 bits per heavy atom. The summed E-state index contributed by atoms with van der Waals surface area (Å²) < 4.78 is 0. The van der Waals surface area contributed by atoms with Crippen molar-refractivity contribution in [1.29, 1.82) is 0 Å². The molecular formula is C34H22O4. The number of benzene rings is 5. The molecule has 0 aliphatic carbocycles. The van der Waals surface area contributed by atoms with Crippen LogP contribution in [0, 0.1) is 11.8 Å². The van der Waals surface area contributed by atoms with E-state index >= 15 is 0 Å². The first-order valence-electron chi connectivity index (χ1n) is 12.0. The number of hydrogen-bond acceptors (Lipinski definition) is 2. The highest BCUT2D eigenvalue weighted by atomic mass is 16.4. The van der Waals surface area contributed by atoms with E-state index in [1.165, 1.54) is 0 Å². The Hall–Kier alpha value is -5.40. The summed E-state index contributed by atoms with van der Waals surface area (Å²) in [5.41, 5.74) is 7.71. The van der Waals surface area contributed by atoms with Gasteiger partial charge in [0, 0.05) is 11.1 Å². The summed E-state index contributed by atoms with van der Waals surface area (Å²) in [6.07, 6.45) is 0. The smallest absolute Gasteiger partial charge is 0.335 e. The fraction of sp³-hybridized carbons (Fsp3) is 0. The van der Waals surface area contributed by atoms with Crippen LogP contribution in [0.4, 0.5) is 0 Å². The lowest BCUT2D eigenvalue weighted by Crippen LogP contribution is -1.95. The molecule has 0 fully saturated rings. The maximum atomic E-state index is 11.3. The van der Waals surface area contributed by atoms with Crippen LogP contribution in [0.25, 0.3) is 33.4 Å². The Kier molecular flexibility index (Phi) is 6.84. The van der Waals surface area contributed by atoms with Gasteiger partial charge < -0.3 is 10.2 Å². The second-order valence-electron chi connectivity index (χ2n) is 8.73. The zero-order valence-electron chi connectivity index (χ0n) is 20.3. The van der Waals surface area contributed by atoms with Crippen LogP contribution in [0.3, 0.4) is 0 Å². The fourth-order valence-corrected chi connectivity index (χ4v) is 4.24. The van der Waals surface area contributed by atoms with Crippen molar-refractivity contribution < 1.29 is 19.8 Å². The minimum absolute atomic E-state index is 0.215. The average Bonchev–Trinajstić information content (AvgIpc) is 2.96. The van der Waals surface area contributed by atoms with Crippen molar-refractivity contribution in [2.24, 2.45) is 0 Å². The van der Waals surface area contributed by atoms with Crippen molar-refractivity contribution in [1.82, 2.24) is 0 Å². The highest BCUT2D eigenvalue weighted by molar-refractivity contribution is 5.89. The molecule has 38 heavy (non-hydrogen) atoms. The van der Waals surface area contributed by atoms with E-state index in [-0.39, 0.29) is 11.1 Å². The molecule has 4 nitrogen and oxygen atoms in total. The van der Waals surface area contributed by atoms with E-state index in [2.05, 4.69) is 30.0 Å². The highest BCUT2D eigenvalue weighted by Gasteiger charge is 2.09. The van der Waals surface area contributed by atoms with Crippen LogP contribution in [0.5, 0.6) is 0 Å². The molecule has 0 aromatic heterocycles. The monoisotopic (exact) mass is 494 g/mol. The Bertz CT molecular complexity index is 1610. The number of carboxylic acid groups (broad SMARTS) is 2. The van der Waals surface area contributed by atoms with Gasteiger partial charge in [-0.2, -0.15) is 0 Å². The molecule has 182 valence electrons. The Balaban J connectivity index is 1.60. The minimum Gasteiger partial charge on any atom is -0.478 e. The molecule has 0 amide bonds. The van der Waals surface area contributed by atoms with Gasteiger partial charge in [0.1, 0.15) is 0 Å². The summed E-state index contributed by atoms with van der Waals surface area (Å²) in [6.45, 7) is 0. The van der Waals surface area contributed by atoms with Gasteiger partial charge in [0.15, 0.2) is 0 Å². The van der Waals surface area contributed by atoms with Crippen molar-refractivity contribution in [3.63, 3.8) is 0 Å². The summed E-state index contributed by atoms with van der Waals surface area (Å²) in [4.78, 5) is 22.6. The predicted octanol–water partition coefficient (Wildman–Crippen LogP) is 7.48. The molecule has 0 saturated carbocycles. The number of carbonyl (C=O) groups is 2. The van der Waals surface area contributed by atoms with E-state index in [1.807, 2.05) is 54.6 Å². The van der Waals surface area contributed by atoms with Crippen molar-refractivity contribution in [3.8, 4) is 45.2 Å². The predicted molar refractivity (Wildman–Crippen MR) is 149 cm³/mol. The molecule has 0 aliphatic heterocycles. The molecule has 5 aromatic carbocycles. The molecule has 4 heteroatoms. The van der Waals surface area contributed by atoms with Gasteiger partial charge in [0.25, 0.3) is 0 Å². The topological polar surface area (TPSA) is 74.6 Å². The molecule has 0 saturated heterocycles. The summed E-state index contributed by atoms with van der Waals surface area (Å²) >= 11 is 0. The van der Waals surface area contributed by atoms with Gasteiger partial charge in [0.05, 0.1) is 11.1 Å². The van der Waals surface area contributed by atoms with Gasteiger partial charge in [-0.15, -0.1) is 0 Å². The first kappa shape index (κ1) is 24.3. The Morgan fingerprint density at radius 3 is 1.50 bits per heavy atom. The molecule has 5 aromatic rings. The third kappa shape index (κ3) is 5.38. The molecule has 0 heterocycles. The molecule has 5 rings (SSSR count). The second-order valence-corrected chi connectivity index (χ2v) is 8.73. The molecule has 0 aliphatic rings. The summed E-state index contributed by atoms with van der Waals surface area (Å²) in [5, 5.41) is 18.5. The van der Waals surface area contributed by atoms with Crippen molar-refractivity contribution in [3.05, 3.63) is 144 Å². The molecule has 0 unspecified atom stereocenters. The van der Waals surface area contributed by atoms with Crippen LogP contribution in [-0.4, -0.2) is 22.2 Å². The maximum Gasteiger partial charge on any atom is 0.335 e. The van der Waals surface area contributed by atoms with Gasteiger partial charge in [-0.05, 0) is 81.9 Å². The Morgan fingerprint density at radius 1 is 0.474 bits per heavy atom. The van der Waals surface area contributed by atoms with Gasteiger partial charge >= 0.3 is 11.9 Å². The number of rotatable bonds is 5. The number of carboxylic acids is 2. The van der Waals surface area contributed by atoms with Crippen LogP contribution in [0.2, 0.25) is 0 Å². The first-order valence-corrected chi connectivity index (χ1v) is 12.0. The van der Waals surface area contributed by atoms with Crippen LogP contribution in [0.1, 0.15) is 31.8 Å². The van der Waals surface area contributed by atoms with E-state index in [0.717, 1.165) is 44.5 Å². The largest absolute Gasteiger partial charge is 0.478 e. The van der Waals surface area contributed by atoms with E-state index in [0.29, 0.717) is 0 Å². The Labute approximate surface area is 220 Å². The van der Waals surface area contributed by atoms with Crippen molar-refractivity contribution in [2.45, 2.75) is 0 Å². The molecular weight excluding hydrogens is 472 g/mol. The molecule has 0 spiro atoms. The summed E-state index contributed by atoms with van der Waals surface area (Å²) in [6, 6.07) is 37.5.